The van der Waals surface area contributed by atoms with Crippen LogP contribution in [0.2, 0.25) is 0 Å². The van der Waals surface area contributed by atoms with Crippen LogP contribution in [0.15, 0.2) is 35.1 Å². The first-order valence-corrected chi connectivity index (χ1v) is 4.86. The monoisotopic (exact) mass is 180 g/mol. The fourth-order valence-corrected chi connectivity index (χ4v) is 0.621. The lowest BCUT2D eigenvalue weighted by Gasteiger charge is -1.74. The highest BCUT2D eigenvalue weighted by molar-refractivity contribution is 5.11. The van der Waals surface area contributed by atoms with E-state index in [-0.39, 0.29) is 5.43 Å². The van der Waals surface area contributed by atoms with Gasteiger partial charge in [0.15, 0.2) is 5.43 Å². The van der Waals surface area contributed by atoms with Gasteiger partial charge in [0, 0.05) is 0 Å². The van der Waals surface area contributed by atoms with Gasteiger partial charge in [-0.2, -0.15) is 0 Å². The molecule has 13 heavy (non-hydrogen) atoms. The van der Waals surface area contributed by atoms with Gasteiger partial charge < -0.3 is 0 Å². The molecule has 0 N–H and O–H groups in total. The van der Waals surface area contributed by atoms with E-state index >= 15 is 0 Å². The fraction of sp³-hybridized carbons (Fsp3) is 0.417. The maximum atomic E-state index is 10.8. The Kier molecular flexibility index (Phi) is 12.1. The van der Waals surface area contributed by atoms with Crippen molar-refractivity contribution in [2.45, 2.75) is 34.6 Å². The third kappa shape index (κ3) is 7.26. The van der Waals surface area contributed by atoms with Crippen molar-refractivity contribution in [3.05, 3.63) is 46.1 Å². The number of rotatable bonds is 0. The molecule has 1 rings (SSSR count). The van der Waals surface area contributed by atoms with E-state index in [1.807, 2.05) is 52.8 Å². The molecule has 0 saturated heterocycles. The van der Waals surface area contributed by atoms with Gasteiger partial charge in [0.1, 0.15) is 0 Å². The summed E-state index contributed by atoms with van der Waals surface area (Å²) in [6, 6.07) is 8.82. The standard InChI is InChI=1S/C8H8O.2C2H6/c1-7-5-3-2-4-6-8(7)9;2*1-2/h2-6H,1H3;2*1-2H3. The molecule has 1 heteroatoms. The van der Waals surface area contributed by atoms with Crippen molar-refractivity contribution in [3.8, 4) is 0 Å². The number of hydrogen-bond acceptors (Lipinski definition) is 1. The van der Waals surface area contributed by atoms with Crippen LogP contribution in [0.1, 0.15) is 33.3 Å². The van der Waals surface area contributed by atoms with E-state index < -0.39 is 0 Å². The highest BCUT2D eigenvalue weighted by Gasteiger charge is 1.82. The van der Waals surface area contributed by atoms with Gasteiger partial charge in [-0.1, -0.05) is 52.0 Å². The van der Waals surface area contributed by atoms with Gasteiger partial charge in [0.05, 0.1) is 0 Å². The van der Waals surface area contributed by atoms with Crippen LogP contribution in [-0.4, -0.2) is 0 Å². The summed E-state index contributed by atoms with van der Waals surface area (Å²) < 4.78 is 0. The summed E-state index contributed by atoms with van der Waals surface area (Å²) in [5.74, 6) is 0. The molecule has 0 aliphatic carbocycles. The zero-order valence-electron chi connectivity index (χ0n) is 9.29. The second-order valence-electron chi connectivity index (χ2n) is 1.96. The third-order valence-electron chi connectivity index (χ3n) is 1.20. The topological polar surface area (TPSA) is 17.1 Å². The van der Waals surface area contributed by atoms with Crippen LogP contribution in [0.3, 0.4) is 0 Å². The Bertz CT molecular complexity index is 253. The molecule has 0 fully saturated rings. The molecule has 0 unspecified atom stereocenters. The number of aryl methyl sites for hydroxylation is 1. The number of hydrogen-bond donors (Lipinski definition) is 0. The van der Waals surface area contributed by atoms with E-state index in [2.05, 4.69) is 0 Å². The maximum Gasteiger partial charge on any atom is 0.181 e. The lowest BCUT2D eigenvalue weighted by molar-refractivity contribution is 1.43. The van der Waals surface area contributed by atoms with E-state index in [0.29, 0.717) is 0 Å². The Morgan fingerprint density at radius 3 is 1.85 bits per heavy atom. The van der Waals surface area contributed by atoms with Crippen molar-refractivity contribution in [1.82, 2.24) is 0 Å². The van der Waals surface area contributed by atoms with Crippen LogP contribution in [0.5, 0.6) is 0 Å². The summed E-state index contributed by atoms with van der Waals surface area (Å²) in [5, 5.41) is 0. The smallest absolute Gasteiger partial charge is 0.181 e. The molecule has 1 aromatic carbocycles. The van der Waals surface area contributed by atoms with E-state index in [1.54, 1.807) is 12.1 Å². The van der Waals surface area contributed by atoms with Crippen molar-refractivity contribution in [2.75, 3.05) is 0 Å². The molecule has 0 bridgehead atoms. The molecule has 0 aromatic heterocycles. The van der Waals surface area contributed by atoms with E-state index in [1.165, 1.54) is 0 Å². The van der Waals surface area contributed by atoms with Crippen molar-refractivity contribution in [3.63, 3.8) is 0 Å². The second-order valence-corrected chi connectivity index (χ2v) is 1.96. The molecule has 0 spiro atoms. The minimum atomic E-state index is 0.0972. The zero-order valence-corrected chi connectivity index (χ0v) is 9.29. The van der Waals surface area contributed by atoms with Crippen molar-refractivity contribution >= 4 is 0 Å². The molecule has 74 valence electrons. The summed E-state index contributed by atoms with van der Waals surface area (Å²) in [5.41, 5.74) is 0.889. The van der Waals surface area contributed by atoms with E-state index in [9.17, 15) is 4.79 Å². The average molecular weight is 180 g/mol. The minimum Gasteiger partial charge on any atom is -0.290 e. The highest BCUT2D eigenvalue weighted by Crippen LogP contribution is 1.84. The lowest BCUT2D eigenvalue weighted by Crippen LogP contribution is -1.96. The summed E-state index contributed by atoms with van der Waals surface area (Å²) in [7, 11) is 0. The highest BCUT2D eigenvalue weighted by atomic mass is 16.1. The Morgan fingerprint density at radius 1 is 0.846 bits per heavy atom. The first-order valence-electron chi connectivity index (χ1n) is 4.86. The first-order chi connectivity index (χ1) is 6.30. The normalized spacial score (nSPS) is 7.15. The van der Waals surface area contributed by atoms with Crippen LogP contribution in [-0.2, 0) is 0 Å². The van der Waals surface area contributed by atoms with Gasteiger partial charge in [0.2, 0.25) is 0 Å². The molecule has 0 amide bonds. The van der Waals surface area contributed by atoms with E-state index in [4.69, 9.17) is 0 Å². The third-order valence-corrected chi connectivity index (χ3v) is 1.20. The van der Waals surface area contributed by atoms with Gasteiger partial charge in [-0.25, -0.2) is 0 Å². The van der Waals surface area contributed by atoms with Gasteiger partial charge >= 0.3 is 0 Å². The Balaban J connectivity index is 0. The minimum absolute atomic E-state index is 0.0972. The maximum absolute atomic E-state index is 10.8. The van der Waals surface area contributed by atoms with Crippen molar-refractivity contribution in [2.24, 2.45) is 0 Å². The van der Waals surface area contributed by atoms with Crippen LogP contribution < -0.4 is 5.43 Å². The van der Waals surface area contributed by atoms with Gasteiger partial charge in [-0.05, 0) is 18.6 Å². The molecule has 1 nitrogen and oxygen atoms in total. The molecule has 0 radical (unpaired) electrons. The molecule has 0 heterocycles. The second kappa shape index (κ2) is 10.9. The Labute approximate surface area is 81.4 Å². The quantitative estimate of drug-likeness (QED) is 0.598. The van der Waals surface area contributed by atoms with Crippen LogP contribution in [0.4, 0.5) is 0 Å². The van der Waals surface area contributed by atoms with Gasteiger partial charge in [-0.3, -0.25) is 4.79 Å². The molecular formula is C12H20O. The van der Waals surface area contributed by atoms with Crippen molar-refractivity contribution < 1.29 is 0 Å². The van der Waals surface area contributed by atoms with Crippen LogP contribution in [0, 0.1) is 6.92 Å². The Hall–Kier alpha value is -1.11. The van der Waals surface area contributed by atoms with Crippen LogP contribution in [0.25, 0.3) is 0 Å². The molecule has 0 aliphatic rings. The zero-order chi connectivity index (χ0) is 10.7. The first kappa shape index (κ1) is 14.4. The SMILES string of the molecule is CC.CC.Cc1cccccc1=O. The summed E-state index contributed by atoms with van der Waals surface area (Å²) >= 11 is 0. The van der Waals surface area contributed by atoms with Gasteiger partial charge in [-0.15, -0.1) is 0 Å². The molecule has 0 saturated carbocycles. The van der Waals surface area contributed by atoms with Gasteiger partial charge in [0.25, 0.3) is 0 Å². The average Bonchev–Trinajstić information content (AvgIpc) is 2.39. The van der Waals surface area contributed by atoms with Crippen molar-refractivity contribution in [1.29, 1.82) is 0 Å². The molecular weight excluding hydrogens is 160 g/mol. The lowest BCUT2D eigenvalue weighted by atomic mass is 10.3. The Morgan fingerprint density at radius 2 is 1.31 bits per heavy atom. The largest absolute Gasteiger partial charge is 0.290 e. The van der Waals surface area contributed by atoms with E-state index in [0.717, 1.165) is 5.56 Å². The predicted molar refractivity (Wildman–Crippen MR) is 60.1 cm³/mol. The predicted octanol–water partition coefficient (Wildman–Crippen LogP) is 3.41. The molecule has 0 atom stereocenters. The molecule has 0 aliphatic heterocycles. The molecule has 1 aromatic rings. The summed E-state index contributed by atoms with van der Waals surface area (Å²) in [6.45, 7) is 9.81. The fourth-order valence-electron chi connectivity index (χ4n) is 0.621. The summed E-state index contributed by atoms with van der Waals surface area (Å²) in [6.07, 6.45) is 0. The van der Waals surface area contributed by atoms with Crippen LogP contribution >= 0.6 is 0 Å². The summed E-state index contributed by atoms with van der Waals surface area (Å²) in [4.78, 5) is 10.8.